The van der Waals surface area contributed by atoms with Gasteiger partial charge in [0.05, 0.1) is 18.7 Å². The standard InChI is InChI=1S/C16H19N3O3/c1-11(2)18-15(21)9-17-14(20)8-13-10-22-16(19-13)12-6-4-3-5-7-12/h3-7,10-11H,8-9H2,1-2H3,(H,17,20)(H,18,21). The zero-order chi connectivity index (χ0) is 15.9. The lowest BCUT2D eigenvalue weighted by molar-refractivity contribution is -0.126. The molecule has 116 valence electrons. The first-order valence-electron chi connectivity index (χ1n) is 7.10. The van der Waals surface area contributed by atoms with Crippen LogP contribution in [0.5, 0.6) is 0 Å². The van der Waals surface area contributed by atoms with Gasteiger partial charge in [-0.3, -0.25) is 9.59 Å². The molecule has 1 aromatic carbocycles. The SMILES string of the molecule is CC(C)NC(=O)CNC(=O)Cc1coc(-c2ccccc2)n1. The summed E-state index contributed by atoms with van der Waals surface area (Å²) in [5.74, 6) is -0.0127. The van der Waals surface area contributed by atoms with Crippen LogP contribution in [0.4, 0.5) is 0 Å². The summed E-state index contributed by atoms with van der Waals surface area (Å²) >= 11 is 0. The van der Waals surface area contributed by atoms with Crippen molar-refractivity contribution < 1.29 is 14.0 Å². The first kappa shape index (κ1) is 15.8. The predicted octanol–water partition coefficient (Wildman–Crippen LogP) is 1.52. The van der Waals surface area contributed by atoms with Crippen LogP contribution in [0, 0.1) is 0 Å². The highest BCUT2D eigenvalue weighted by Crippen LogP contribution is 2.17. The third-order valence-corrected chi connectivity index (χ3v) is 2.81. The molecule has 0 saturated heterocycles. The number of amides is 2. The lowest BCUT2D eigenvalue weighted by Crippen LogP contribution is -2.40. The van der Waals surface area contributed by atoms with Crippen LogP contribution in [0.1, 0.15) is 19.5 Å². The molecule has 2 N–H and O–H groups in total. The van der Waals surface area contributed by atoms with E-state index >= 15 is 0 Å². The maximum atomic E-state index is 11.8. The first-order valence-corrected chi connectivity index (χ1v) is 7.10. The molecule has 0 aliphatic carbocycles. The van der Waals surface area contributed by atoms with Crippen molar-refractivity contribution in [1.82, 2.24) is 15.6 Å². The Morgan fingerprint density at radius 3 is 2.59 bits per heavy atom. The van der Waals surface area contributed by atoms with Crippen LogP contribution in [-0.2, 0) is 16.0 Å². The number of nitrogens with one attached hydrogen (secondary N) is 2. The number of oxazole rings is 1. The molecule has 0 radical (unpaired) electrons. The number of hydrogen-bond donors (Lipinski definition) is 2. The largest absolute Gasteiger partial charge is 0.444 e. The molecule has 0 aliphatic heterocycles. The fraction of sp³-hybridized carbons (Fsp3) is 0.312. The molecule has 22 heavy (non-hydrogen) atoms. The van der Waals surface area contributed by atoms with Crippen LogP contribution >= 0.6 is 0 Å². The van der Waals surface area contributed by atoms with E-state index in [-0.39, 0.29) is 30.8 Å². The van der Waals surface area contributed by atoms with Gasteiger partial charge in [-0.2, -0.15) is 0 Å². The third kappa shape index (κ3) is 4.73. The van der Waals surface area contributed by atoms with Crippen LogP contribution in [0.3, 0.4) is 0 Å². The maximum absolute atomic E-state index is 11.8. The molecule has 2 aromatic rings. The molecular formula is C16H19N3O3. The quantitative estimate of drug-likeness (QED) is 0.847. The Labute approximate surface area is 128 Å². The fourth-order valence-corrected chi connectivity index (χ4v) is 1.88. The number of carbonyl (C=O) groups is 2. The number of nitrogens with zero attached hydrogens (tertiary/aromatic N) is 1. The zero-order valence-electron chi connectivity index (χ0n) is 12.6. The number of hydrogen-bond acceptors (Lipinski definition) is 4. The highest BCUT2D eigenvalue weighted by atomic mass is 16.3. The van der Waals surface area contributed by atoms with Gasteiger partial charge in [0.1, 0.15) is 6.26 Å². The van der Waals surface area contributed by atoms with Gasteiger partial charge in [0, 0.05) is 11.6 Å². The van der Waals surface area contributed by atoms with Crippen molar-refractivity contribution >= 4 is 11.8 Å². The summed E-state index contributed by atoms with van der Waals surface area (Å²) in [7, 11) is 0. The van der Waals surface area contributed by atoms with Crippen molar-refractivity contribution in [2.75, 3.05) is 6.54 Å². The molecule has 0 spiro atoms. The number of benzene rings is 1. The molecule has 0 saturated carbocycles. The molecule has 0 unspecified atom stereocenters. The van der Waals surface area contributed by atoms with Crippen molar-refractivity contribution in [3.8, 4) is 11.5 Å². The molecule has 0 fully saturated rings. The molecule has 0 bridgehead atoms. The van der Waals surface area contributed by atoms with Crippen LogP contribution in [0.15, 0.2) is 41.0 Å². The Kier molecular flexibility index (Phi) is 5.30. The topological polar surface area (TPSA) is 84.2 Å². The first-order chi connectivity index (χ1) is 10.5. The van der Waals surface area contributed by atoms with Crippen LogP contribution < -0.4 is 10.6 Å². The Hall–Kier alpha value is -2.63. The van der Waals surface area contributed by atoms with E-state index in [1.807, 2.05) is 44.2 Å². The molecule has 2 rings (SSSR count). The summed E-state index contributed by atoms with van der Waals surface area (Å²) in [6, 6.07) is 9.49. The second-order valence-corrected chi connectivity index (χ2v) is 5.19. The van der Waals surface area contributed by atoms with Gasteiger partial charge >= 0.3 is 0 Å². The normalized spacial score (nSPS) is 10.5. The predicted molar refractivity (Wildman–Crippen MR) is 81.9 cm³/mol. The van der Waals surface area contributed by atoms with Gasteiger partial charge in [-0.25, -0.2) is 4.98 Å². The van der Waals surface area contributed by atoms with Crippen LogP contribution in [0.25, 0.3) is 11.5 Å². The Balaban J connectivity index is 1.85. The molecule has 1 heterocycles. The average Bonchev–Trinajstić information content (AvgIpc) is 2.94. The minimum Gasteiger partial charge on any atom is -0.444 e. The van der Waals surface area contributed by atoms with Crippen molar-refractivity contribution in [2.24, 2.45) is 0 Å². The van der Waals surface area contributed by atoms with E-state index < -0.39 is 0 Å². The second kappa shape index (κ2) is 7.40. The van der Waals surface area contributed by atoms with Gasteiger partial charge in [0.15, 0.2) is 0 Å². The van der Waals surface area contributed by atoms with E-state index in [1.165, 1.54) is 6.26 Å². The van der Waals surface area contributed by atoms with E-state index in [1.54, 1.807) is 0 Å². The van der Waals surface area contributed by atoms with Gasteiger partial charge < -0.3 is 15.1 Å². The van der Waals surface area contributed by atoms with E-state index in [2.05, 4.69) is 15.6 Å². The molecule has 2 amide bonds. The number of rotatable bonds is 6. The minimum atomic E-state index is -0.271. The summed E-state index contributed by atoms with van der Waals surface area (Å²) in [5.41, 5.74) is 1.38. The Morgan fingerprint density at radius 2 is 1.91 bits per heavy atom. The third-order valence-electron chi connectivity index (χ3n) is 2.81. The van der Waals surface area contributed by atoms with Crippen molar-refractivity contribution in [3.63, 3.8) is 0 Å². The fourth-order valence-electron chi connectivity index (χ4n) is 1.88. The monoisotopic (exact) mass is 301 g/mol. The van der Waals surface area contributed by atoms with E-state index in [0.29, 0.717) is 11.6 Å². The summed E-state index contributed by atoms with van der Waals surface area (Å²) in [4.78, 5) is 27.5. The summed E-state index contributed by atoms with van der Waals surface area (Å²) < 4.78 is 5.36. The van der Waals surface area contributed by atoms with E-state index in [4.69, 9.17) is 4.42 Å². The van der Waals surface area contributed by atoms with Gasteiger partial charge in [0.2, 0.25) is 17.7 Å². The van der Waals surface area contributed by atoms with E-state index in [0.717, 1.165) is 5.56 Å². The number of carbonyl (C=O) groups excluding carboxylic acids is 2. The average molecular weight is 301 g/mol. The van der Waals surface area contributed by atoms with Crippen LogP contribution in [-0.4, -0.2) is 29.4 Å². The highest BCUT2D eigenvalue weighted by molar-refractivity contribution is 5.85. The van der Waals surface area contributed by atoms with E-state index in [9.17, 15) is 9.59 Å². The Bertz CT molecular complexity index is 635. The Morgan fingerprint density at radius 1 is 1.18 bits per heavy atom. The molecule has 6 heteroatoms. The van der Waals surface area contributed by atoms with Crippen molar-refractivity contribution in [2.45, 2.75) is 26.3 Å². The summed E-state index contributed by atoms with van der Waals surface area (Å²) in [6.07, 6.45) is 1.53. The van der Waals surface area contributed by atoms with Gasteiger partial charge in [-0.05, 0) is 26.0 Å². The highest BCUT2D eigenvalue weighted by Gasteiger charge is 2.11. The molecule has 0 atom stereocenters. The molecule has 0 aliphatic rings. The number of aromatic nitrogens is 1. The molecular weight excluding hydrogens is 282 g/mol. The van der Waals surface area contributed by atoms with Crippen LogP contribution in [0.2, 0.25) is 0 Å². The van der Waals surface area contributed by atoms with Gasteiger partial charge in [-0.1, -0.05) is 18.2 Å². The lowest BCUT2D eigenvalue weighted by Gasteiger charge is -2.08. The lowest BCUT2D eigenvalue weighted by atomic mass is 10.2. The van der Waals surface area contributed by atoms with Crippen molar-refractivity contribution in [1.29, 1.82) is 0 Å². The summed E-state index contributed by atoms with van der Waals surface area (Å²) in [5, 5.41) is 5.25. The van der Waals surface area contributed by atoms with Gasteiger partial charge in [0.25, 0.3) is 0 Å². The second-order valence-electron chi connectivity index (χ2n) is 5.19. The molecule has 6 nitrogen and oxygen atoms in total. The zero-order valence-corrected chi connectivity index (χ0v) is 12.6. The minimum absolute atomic E-state index is 0.0413. The smallest absolute Gasteiger partial charge is 0.239 e. The molecule has 1 aromatic heterocycles. The van der Waals surface area contributed by atoms with Crippen molar-refractivity contribution in [3.05, 3.63) is 42.3 Å². The van der Waals surface area contributed by atoms with Gasteiger partial charge in [-0.15, -0.1) is 0 Å². The maximum Gasteiger partial charge on any atom is 0.239 e. The summed E-state index contributed by atoms with van der Waals surface area (Å²) in [6.45, 7) is 3.68.